The molecule has 1 atom stereocenters. The Balaban J connectivity index is 2.27. The quantitative estimate of drug-likeness (QED) is 0.891. The van der Waals surface area contributed by atoms with Gasteiger partial charge >= 0.3 is 5.97 Å². The summed E-state index contributed by atoms with van der Waals surface area (Å²) >= 11 is 0. The Bertz CT molecular complexity index is 454. The van der Waals surface area contributed by atoms with Gasteiger partial charge in [-0.1, -0.05) is 25.5 Å². The molecule has 3 nitrogen and oxygen atoms in total. The van der Waals surface area contributed by atoms with Gasteiger partial charge in [0.25, 0.3) is 0 Å². The van der Waals surface area contributed by atoms with Crippen LogP contribution in [0.25, 0.3) is 0 Å². The highest BCUT2D eigenvalue weighted by Crippen LogP contribution is 2.30. The number of aromatic carboxylic acids is 1. The number of carboxylic acid groups (broad SMARTS) is 1. The van der Waals surface area contributed by atoms with E-state index in [2.05, 4.69) is 18.7 Å². The monoisotopic (exact) mass is 247 g/mol. The smallest absolute Gasteiger partial charge is 0.337 e. The average Bonchev–Trinajstić information content (AvgIpc) is 2.78. The van der Waals surface area contributed by atoms with Gasteiger partial charge in [-0.3, -0.25) is 0 Å². The van der Waals surface area contributed by atoms with Crippen molar-refractivity contribution in [2.75, 3.05) is 18.0 Å². The van der Waals surface area contributed by atoms with E-state index in [1.54, 1.807) is 6.07 Å². The fourth-order valence-electron chi connectivity index (χ4n) is 2.65. The maximum Gasteiger partial charge on any atom is 0.337 e. The minimum Gasteiger partial charge on any atom is -0.478 e. The van der Waals surface area contributed by atoms with E-state index in [1.807, 2.05) is 19.1 Å². The molecule has 1 saturated heterocycles. The molecule has 1 aromatic rings. The van der Waals surface area contributed by atoms with Gasteiger partial charge in [0, 0.05) is 13.1 Å². The van der Waals surface area contributed by atoms with Crippen LogP contribution >= 0.6 is 0 Å². The number of carbonyl (C=O) groups is 1. The van der Waals surface area contributed by atoms with Crippen LogP contribution in [0.15, 0.2) is 18.2 Å². The van der Waals surface area contributed by atoms with E-state index in [0.717, 1.165) is 30.8 Å². The summed E-state index contributed by atoms with van der Waals surface area (Å²) in [6.07, 6.45) is 1.16. The van der Waals surface area contributed by atoms with E-state index in [9.17, 15) is 9.90 Å². The van der Waals surface area contributed by atoms with Gasteiger partial charge in [0.1, 0.15) is 0 Å². The van der Waals surface area contributed by atoms with E-state index in [4.69, 9.17) is 0 Å². The van der Waals surface area contributed by atoms with Crippen molar-refractivity contribution < 1.29 is 9.90 Å². The molecule has 0 radical (unpaired) electrons. The molecule has 98 valence electrons. The van der Waals surface area contributed by atoms with Crippen molar-refractivity contribution in [2.24, 2.45) is 11.8 Å². The van der Waals surface area contributed by atoms with E-state index in [-0.39, 0.29) is 0 Å². The van der Waals surface area contributed by atoms with E-state index in [1.165, 1.54) is 0 Å². The molecule has 1 aromatic carbocycles. The fraction of sp³-hybridized carbons (Fsp3) is 0.533. The number of benzene rings is 1. The molecule has 0 aliphatic carbocycles. The van der Waals surface area contributed by atoms with Gasteiger partial charge in [-0.05, 0) is 37.3 Å². The molecule has 0 saturated carbocycles. The predicted octanol–water partition coefficient (Wildman–Crippen LogP) is 3.18. The molecule has 18 heavy (non-hydrogen) atoms. The standard InChI is InChI=1S/C15H21NO2/c1-10(2)12-6-7-16(9-12)14-5-4-11(3)8-13(14)15(17)18/h4-5,8,10,12H,6-7,9H2,1-3H3,(H,17,18). The van der Waals surface area contributed by atoms with Gasteiger partial charge in [0.05, 0.1) is 11.3 Å². The van der Waals surface area contributed by atoms with Gasteiger partial charge in [0.2, 0.25) is 0 Å². The van der Waals surface area contributed by atoms with Crippen molar-refractivity contribution in [1.82, 2.24) is 0 Å². The molecule has 0 spiro atoms. The molecule has 1 N–H and O–H groups in total. The molecule has 1 aliphatic heterocycles. The van der Waals surface area contributed by atoms with Crippen molar-refractivity contribution in [1.29, 1.82) is 0 Å². The van der Waals surface area contributed by atoms with E-state index in [0.29, 0.717) is 17.4 Å². The van der Waals surface area contributed by atoms with Crippen LogP contribution in [0.3, 0.4) is 0 Å². The summed E-state index contributed by atoms with van der Waals surface area (Å²) in [5.41, 5.74) is 2.30. The van der Waals surface area contributed by atoms with Gasteiger partial charge < -0.3 is 10.0 Å². The maximum absolute atomic E-state index is 11.3. The first kappa shape index (κ1) is 12.9. The van der Waals surface area contributed by atoms with Crippen LogP contribution in [0.2, 0.25) is 0 Å². The Morgan fingerprint density at radius 2 is 2.17 bits per heavy atom. The number of carboxylic acids is 1. The summed E-state index contributed by atoms with van der Waals surface area (Å²) in [7, 11) is 0. The number of aryl methyl sites for hydroxylation is 1. The molecule has 0 amide bonds. The third-order valence-corrected chi connectivity index (χ3v) is 3.89. The molecule has 0 bridgehead atoms. The second kappa shape index (κ2) is 5.01. The highest BCUT2D eigenvalue weighted by atomic mass is 16.4. The van der Waals surface area contributed by atoms with Crippen molar-refractivity contribution in [3.8, 4) is 0 Å². The molecule has 1 heterocycles. The first-order chi connectivity index (χ1) is 8.49. The Morgan fingerprint density at radius 1 is 1.44 bits per heavy atom. The first-order valence-corrected chi connectivity index (χ1v) is 6.58. The molecule has 1 fully saturated rings. The van der Waals surface area contributed by atoms with Crippen molar-refractivity contribution in [3.05, 3.63) is 29.3 Å². The second-order valence-electron chi connectivity index (χ2n) is 5.56. The van der Waals surface area contributed by atoms with Crippen LogP contribution in [0.4, 0.5) is 5.69 Å². The van der Waals surface area contributed by atoms with E-state index >= 15 is 0 Å². The summed E-state index contributed by atoms with van der Waals surface area (Å²) in [6, 6.07) is 5.70. The normalized spacial score (nSPS) is 19.6. The van der Waals surface area contributed by atoms with Crippen LogP contribution < -0.4 is 4.90 Å². The molecule has 2 rings (SSSR count). The summed E-state index contributed by atoms with van der Waals surface area (Å²) in [4.78, 5) is 13.5. The number of rotatable bonds is 3. The van der Waals surface area contributed by atoms with Crippen LogP contribution in [0.1, 0.15) is 36.2 Å². The Labute approximate surface area is 108 Å². The minimum absolute atomic E-state index is 0.430. The first-order valence-electron chi connectivity index (χ1n) is 6.58. The number of hydrogen-bond acceptors (Lipinski definition) is 2. The number of anilines is 1. The van der Waals surface area contributed by atoms with Gasteiger partial charge in [-0.2, -0.15) is 0 Å². The van der Waals surface area contributed by atoms with Crippen molar-refractivity contribution in [3.63, 3.8) is 0 Å². The highest BCUT2D eigenvalue weighted by Gasteiger charge is 2.27. The Hall–Kier alpha value is -1.51. The summed E-state index contributed by atoms with van der Waals surface area (Å²) in [5.74, 6) is 0.503. The zero-order valence-electron chi connectivity index (χ0n) is 11.3. The third-order valence-electron chi connectivity index (χ3n) is 3.89. The lowest BCUT2D eigenvalue weighted by atomic mass is 9.95. The molecule has 3 heteroatoms. The predicted molar refractivity (Wildman–Crippen MR) is 73.3 cm³/mol. The van der Waals surface area contributed by atoms with Crippen LogP contribution in [0, 0.1) is 18.8 Å². The lowest BCUT2D eigenvalue weighted by Crippen LogP contribution is -2.23. The third kappa shape index (κ3) is 2.50. The summed E-state index contributed by atoms with van der Waals surface area (Å²) in [5, 5.41) is 9.30. The zero-order chi connectivity index (χ0) is 13.3. The topological polar surface area (TPSA) is 40.5 Å². The molecule has 1 unspecified atom stereocenters. The van der Waals surface area contributed by atoms with Crippen molar-refractivity contribution >= 4 is 11.7 Å². The molecular formula is C15H21NO2. The minimum atomic E-state index is -0.832. The highest BCUT2D eigenvalue weighted by molar-refractivity contribution is 5.94. The van der Waals surface area contributed by atoms with Gasteiger partial charge in [-0.15, -0.1) is 0 Å². The lowest BCUT2D eigenvalue weighted by molar-refractivity contribution is 0.0697. The van der Waals surface area contributed by atoms with Crippen LogP contribution in [-0.2, 0) is 0 Å². The van der Waals surface area contributed by atoms with Crippen LogP contribution in [-0.4, -0.2) is 24.2 Å². The van der Waals surface area contributed by atoms with Gasteiger partial charge in [-0.25, -0.2) is 4.79 Å². The van der Waals surface area contributed by atoms with Crippen LogP contribution in [0.5, 0.6) is 0 Å². The molecule has 0 aromatic heterocycles. The fourth-order valence-corrected chi connectivity index (χ4v) is 2.65. The van der Waals surface area contributed by atoms with Gasteiger partial charge in [0.15, 0.2) is 0 Å². The summed E-state index contributed by atoms with van der Waals surface area (Å²) in [6.45, 7) is 8.34. The lowest BCUT2D eigenvalue weighted by Gasteiger charge is -2.22. The molecular weight excluding hydrogens is 226 g/mol. The number of nitrogens with zero attached hydrogens (tertiary/aromatic N) is 1. The SMILES string of the molecule is Cc1ccc(N2CCC(C(C)C)C2)c(C(=O)O)c1. The average molecular weight is 247 g/mol. The Morgan fingerprint density at radius 3 is 2.72 bits per heavy atom. The molecule has 1 aliphatic rings. The Kier molecular flexibility index (Phi) is 3.60. The maximum atomic E-state index is 11.3. The van der Waals surface area contributed by atoms with E-state index < -0.39 is 5.97 Å². The zero-order valence-corrected chi connectivity index (χ0v) is 11.3. The number of hydrogen-bond donors (Lipinski definition) is 1. The largest absolute Gasteiger partial charge is 0.478 e. The summed E-state index contributed by atoms with van der Waals surface area (Å²) < 4.78 is 0. The second-order valence-corrected chi connectivity index (χ2v) is 5.56. The van der Waals surface area contributed by atoms with Crippen molar-refractivity contribution in [2.45, 2.75) is 27.2 Å².